The van der Waals surface area contributed by atoms with E-state index in [4.69, 9.17) is 16.3 Å². The van der Waals surface area contributed by atoms with Crippen LogP contribution in [0.15, 0.2) is 12.1 Å². The van der Waals surface area contributed by atoms with Crippen molar-refractivity contribution in [2.24, 2.45) is 11.8 Å². The van der Waals surface area contributed by atoms with E-state index in [-0.39, 0.29) is 0 Å². The molecule has 0 bridgehead atoms. The Hall–Kier alpha value is -0.730. The Labute approximate surface area is 115 Å². The van der Waals surface area contributed by atoms with Gasteiger partial charge in [0.1, 0.15) is 5.75 Å². The van der Waals surface area contributed by atoms with Crippen LogP contribution in [0, 0.1) is 11.8 Å². The molecule has 0 aliphatic carbocycles. The molecular weight excluding hydrogens is 246 g/mol. The summed E-state index contributed by atoms with van der Waals surface area (Å²) in [6, 6.07) is 4.10. The maximum absolute atomic E-state index is 6.18. The average molecular weight is 268 g/mol. The fourth-order valence-corrected chi connectivity index (χ4v) is 2.83. The summed E-state index contributed by atoms with van der Waals surface area (Å²) in [6.07, 6.45) is 2.02. The summed E-state index contributed by atoms with van der Waals surface area (Å²) >= 11 is 6.18. The van der Waals surface area contributed by atoms with E-state index in [9.17, 15) is 0 Å². The molecule has 0 saturated heterocycles. The highest BCUT2D eigenvalue weighted by atomic mass is 35.5. The lowest BCUT2D eigenvalue weighted by Gasteiger charge is -2.20. The number of halogens is 1. The molecule has 0 spiro atoms. The zero-order chi connectivity index (χ0) is 13.1. The van der Waals surface area contributed by atoms with E-state index in [0.29, 0.717) is 11.8 Å². The Bertz CT molecular complexity index is 419. The van der Waals surface area contributed by atoms with E-state index in [1.807, 2.05) is 13.1 Å². The van der Waals surface area contributed by atoms with Gasteiger partial charge in [-0.25, -0.2) is 0 Å². The van der Waals surface area contributed by atoms with Gasteiger partial charge in [0.2, 0.25) is 0 Å². The van der Waals surface area contributed by atoms with Crippen LogP contribution in [0.5, 0.6) is 5.75 Å². The molecule has 1 aliphatic rings. The molecular formula is C15H22ClNO. The third kappa shape index (κ3) is 2.99. The van der Waals surface area contributed by atoms with Gasteiger partial charge in [0.15, 0.2) is 0 Å². The number of nitrogens with one attached hydrogen (secondary N) is 1. The predicted octanol–water partition coefficient (Wildman–Crippen LogP) is 3.31. The van der Waals surface area contributed by atoms with E-state index in [0.717, 1.165) is 36.8 Å². The van der Waals surface area contributed by atoms with Gasteiger partial charge in [-0.1, -0.05) is 25.4 Å². The van der Waals surface area contributed by atoms with Crippen molar-refractivity contribution in [3.8, 4) is 5.75 Å². The molecule has 2 rings (SSSR count). The molecule has 2 atom stereocenters. The summed E-state index contributed by atoms with van der Waals surface area (Å²) in [5.41, 5.74) is 2.54. The zero-order valence-electron chi connectivity index (χ0n) is 11.4. The van der Waals surface area contributed by atoms with E-state index >= 15 is 0 Å². The number of fused-ring (bicyclic) bond motifs is 1. The lowest BCUT2D eigenvalue weighted by molar-refractivity contribution is 0.341. The smallest absolute Gasteiger partial charge is 0.125 e. The second-order valence-electron chi connectivity index (χ2n) is 5.37. The lowest BCUT2D eigenvalue weighted by Crippen LogP contribution is -2.23. The van der Waals surface area contributed by atoms with E-state index in [1.54, 1.807) is 0 Å². The quantitative estimate of drug-likeness (QED) is 0.884. The van der Waals surface area contributed by atoms with Gasteiger partial charge in [-0.05, 0) is 55.1 Å². The summed E-state index contributed by atoms with van der Waals surface area (Å²) < 4.78 is 5.75. The van der Waals surface area contributed by atoms with Crippen LogP contribution in [0.4, 0.5) is 0 Å². The van der Waals surface area contributed by atoms with Gasteiger partial charge in [-0.3, -0.25) is 0 Å². The molecule has 0 saturated carbocycles. The van der Waals surface area contributed by atoms with Gasteiger partial charge in [-0.2, -0.15) is 0 Å². The summed E-state index contributed by atoms with van der Waals surface area (Å²) in [7, 11) is 2.00. The third-order valence-corrected chi connectivity index (χ3v) is 4.08. The topological polar surface area (TPSA) is 21.3 Å². The van der Waals surface area contributed by atoms with Crippen molar-refractivity contribution >= 4 is 11.6 Å². The molecule has 2 nitrogen and oxygen atoms in total. The maximum atomic E-state index is 6.18. The highest BCUT2D eigenvalue weighted by Crippen LogP contribution is 2.35. The van der Waals surface area contributed by atoms with Crippen molar-refractivity contribution in [2.75, 3.05) is 20.2 Å². The highest BCUT2D eigenvalue weighted by molar-refractivity contribution is 6.30. The molecule has 18 heavy (non-hydrogen) atoms. The summed E-state index contributed by atoms with van der Waals surface area (Å²) in [5.74, 6) is 2.35. The van der Waals surface area contributed by atoms with Crippen molar-refractivity contribution in [3.05, 3.63) is 28.3 Å². The van der Waals surface area contributed by atoms with Crippen molar-refractivity contribution in [1.82, 2.24) is 5.32 Å². The van der Waals surface area contributed by atoms with Crippen LogP contribution in [-0.2, 0) is 12.8 Å². The molecule has 1 aromatic rings. The minimum atomic E-state index is 0.615. The molecule has 0 amide bonds. The largest absolute Gasteiger partial charge is 0.493 e. The van der Waals surface area contributed by atoms with Crippen molar-refractivity contribution in [1.29, 1.82) is 0 Å². The van der Waals surface area contributed by atoms with Crippen LogP contribution in [0.25, 0.3) is 0 Å². The number of hydrogen-bond donors (Lipinski definition) is 1. The Morgan fingerprint density at radius 3 is 2.83 bits per heavy atom. The lowest BCUT2D eigenvalue weighted by atomic mass is 9.88. The Morgan fingerprint density at radius 2 is 2.11 bits per heavy atom. The normalized spacial score (nSPS) is 17.1. The number of rotatable bonds is 5. The molecule has 1 aromatic carbocycles. The first kappa shape index (κ1) is 13.7. The van der Waals surface area contributed by atoms with Crippen LogP contribution in [0.1, 0.15) is 25.0 Å². The average Bonchev–Trinajstić information content (AvgIpc) is 2.77. The molecule has 2 unspecified atom stereocenters. The molecule has 0 radical (unpaired) electrons. The Balaban J connectivity index is 2.14. The highest BCUT2D eigenvalue weighted by Gasteiger charge is 2.20. The van der Waals surface area contributed by atoms with Crippen molar-refractivity contribution in [2.45, 2.75) is 26.7 Å². The molecule has 1 heterocycles. The number of benzene rings is 1. The summed E-state index contributed by atoms with van der Waals surface area (Å²) in [6.45, 7) is 6.42. The predicted molar refractivity (Wildman–Crippen MR) is 76.6 cm³/mol. The fraction of sp³-hybridized carbons (Fsp3) is 0.600. The van der Waals surface area contributed by atoms with E-state index in [1.165, 1.54) is 11.1 Å². The van der Waals surface area contributed by atoms with Crippen LogP contribution >= 0.6 is 11.6 Å². The van der Waals surface area contributed by atoms with Gasteiger partial charge < -0.3 is 10.1 Å². The van der Waals surface area contributed by atoms with Crippen LogP contribution in [0.2, 0.25) is 5.02 Å². The first-order valence-corrected chi connectivity index (χ1v) is 7.08. The van der Waals surface area contributed by atoms with Crippen LogP contribution < -0.4 is 10.1 Å². The second kappa shape index (κ2) is 5.94. The van der Waals surface area contributed by atoms with Gasteiger partial charge >= 0.3 is 0 Å². The summed E-state index contributed by atoms with van der Waals surface area (Å²) in [4.78, 5) is 0. The van der Waals surface area contributed by atoms with Gasteiger partial charge in [-0.15, -0.1) is 0 Å². The minimum absolute atomic E-state index is 0.615. The van der Waals surface area contributed by atoms with Crippen LogP contribution in [0.3, 0.4) is 0 Å². The fourth-order valence-electron chi connectivity index (χ4n) is 2.57. The first-order valence-electron chi connectivity index (χ1n) is 6.70. The molecule has 0 aromatic heterocycles. The number of ether oxygens (including phenoxy) is 1. The number of hydrogen-bond acceptors (Lipinski definition) is 2. The molecule has 1 aliphatic heterocycles. The first-order chi connectivity index (χ1) is 8.61. The molecule has 100 valence electrons. The minimum Gasteiger partial charge on any atom is -0.493 e. The second-order valence-corrected chi connectivity index (χ2v) is 5.80. The van der Waals surface area contributed by atoms with Gasteiger partial charge in [0.05, 0.1) is 6.61 Å². The summed E-state index contributed by atoms with van der Waals surface area (Å²) in [5, 5.41) is 4.08. The Morgan fingerprint density at radius 1 is 1.33 bits per heavy atom. The molecule has 0 fully saturated rings. The Kier molecular flexibility index (Phi) is 4.52. The monoisotopic (exact) mass is 267 g/mol. The SMILES string of the molecule is CNCC(C)C(C)Cc1cc(Cl)cc2c1OCC2. The third-order valence-electron chi connectivity index (χ3n) is 3.86. The maximum Gasteiger partial charge on any atom is 0.125 e. The standard InChI is InChI=1S/C15H22ClNO/c1-10(11(2)9-17-3)6-13-8-14(16)7-12-4-5-18-15(12)13/h7-8,10-11,17H,4-6,9H2,1-3H3. The van der Waals surface area contributed by atoms with Crippen molar-refractivity contribution in [3.63, 3.8) is 0 Å². The van der Waals surface area contributed by atoms with Crippen LogP contribution in [-0.4, -0.2) is 20.2 Å². The van der Waals surface area contributed by atoms with Gasteiger partial charge in [0, 0.05) is 11.4 Å². The van der Waals surface area contributed by atoms with E-state index in [2.05, 4.69) is 25.2 Å². The van der Waals surface area contributed by atoms with Crippen molar-refractivity contribution < 1.29 is 4.74 Å². The molecule has 3 heteroatoms. The van der Waals surface area contributed by atoms with E-state index < -0.39 is 0 Å². The molecule has 1 N–H and O–H groups in total. The zero-order valence-corrected chi connectivity index (χ0v) is 12.2. The van der Waals surface area contributed by atoms with Gasteiger partial charge in [0.25, 0.3) is 0 Å².